The number of benzene rings is 2. The zero-order valence-electron chi connectivity index (χ0n) is 14.0. The molecule has 0 radical (unpaired) electrons. The Bertz CT molecular complexity index is 956. The van der Waals surface area contributed by atoms with Gasteiger partial charge < -0.3 is 14.2 Å². The number of hydrogen-bond donors (Lipinski definition) is 0. The molecule has 0 saturated carbocycles. The average molecular weight is 358 g/mol. The van der Waals surface area contributed by atoms with Crippen LogP contribution in [0.2, 0.25) is 5.02 Å². The highest BCUT2D eigenvalue weighted by atomic mass is 35.5. The van der Waals surface area contributed by atoms with Crippen LogP contribution < -0.4 is 14.2 Å². The number of ketones is 1. The second kappa shape index (κ2) is 6.99. The van der Waals surface area contributed by atoms with Crippen molar-refractivity contribution in [1.29, 1.82) is 0 Å². The predicted octanol–water partition coefficient (Wildman–Crippen LogP) is 4.90. The summed E-state index contributed by atoms with van der Waals surface area (Å²) in [4.78, 5) is 16.2. The van der Waals surface area contributed by atoms with Crippen molar-refractivity contribution in [3.05, 3.63) is 53.2 Å². The van der Waals surface area contributed by atoms with Gasteiger partial charge in [0.2, 0.25) is 0 Å². The molecule has 3 rings (SSSR count). The van der Waals surface area contributed by atoms with E-state index in [2.05, 4.69) is 4.98 Å². The minimum Gasteiger partial charge on any atom is -0.493 e. The first kappa shape index (κ1) is 17.0. The second-order valence-electron chi connectivity index (χ2n) is 5.33. The molecular formula is C19H16ClNO4. The molecule has 0 saturated heterocycles. The molecule has 0 aliphatic rings. The lowest BCUT2D eigenvalue weighted by atomic mass is 10.1. The lowest BCUT2D eigenvalue weighted by molar-refractivity contribution is 0.101. The number of aromatic nitrogens is 1. The summed E-state index contributed by atoms with van der Waals surface area (Å²) in [6.45, 7) is 1.48. The summed E-state index contributed by atoms with van der Waals surface area (Å²) in [5.74, 6) is 1.96. The molecule has 1 aromatic heterocycles. The normalized spacial score (nSPS) is 10.6. The predicted molar refractivity (Wildman–Crippen MR) is 96.4 cm³/mol. The van der Waals surface area contributed by atoms with Gasteiger partial charge in [-0.25, -0.2) is 0 Å². The van der Waals surface area contributed by atoms with E-state index in [0.717, 1.165) is 5.39 Å². The fraction of sp³-hybridized carbons (Fsp3) is 0.158. The number of fused-ring (bicyclic) bond motifs is 1. The van der Waals surface area contributed by atoms with E-state index in [1.54, 1.807) is 56.8 Å². The quantitative estimate of drug-likeness (QED) is 0.608. The minimum absolute atomic E-state index is 0.107. The van der Waals surface area contributed by atoms with Gasteiger partial charge in [0.05, 0.1) is 25.3 Å². The highest BCUT2D eigenvalue weighted by molar-refractivity contribution is 6.30. The number of hydrogen-bond acceptors (Lipinski definition) is 5. The van der Waals surface area contributed by atoms with E-state index in [-0.39, 0.29) is 5.78 Å². The molecule has 5 nitrogen and oxygen atoms in total. The van der Waals surface area contributed by atoms with Crippen LogP contribution in [0.25, 0.3) is 10.9 Å². The van der Waals surface area contributed by atoms with Crippen molar-refractivity contribution in [2.45, 2.75) is 6.92 Å². The molecule has 0 N–H and O–H groups in total. The molecule has 128 valence electrons. The van der Waals surface area contributed by atoms with Gasteiger partial charge in [0, 0.05) is 28.7 Å². The summed E-state index contributed by atoms with van der Waals surface area (Å²) in [7, 11) is 3.13. The monoisotopic (exact) mass is 357 g/mol. The van der Waals surface area contributed by atoms with Crippen molar-refractivity contribution < 1.29 is 19.0 Å². The maximum Gasteiger partial charge on any atom is 0.163 e. The maximum atomic E-state index is 11.8. The third-order valence-electron chi connectivity index (χ3n) is 3.75. The molecule has 0 amide bonds. The SMILES string of the molecule is COc1cc2nccc(Oc3cc(Cl)ccc3C(C)=O)c2cc1OC. The summed E-state index contributed by atoms with van der Waals surface area (Å²) >= 11 is 6.05. The number of nitrogens with zero attached hydrogens (tertiary/aromatic N) is 1. The molecule has 0 atom stereocenters. The number of ether oxygens (including phenoxy) is 3. The van der Waals surface area contributed by atoms with Crippen LogP contribution in [0.4, 0.5) is 0 Å². The Morgan fingerprint density at radius 3 is 2.36 bits per heavy atom. The van der Waals surface area contributed by atoms with Crippen LogP contribution in [0.3, 0.4) is 0 Å². The first-order chi connectivity index (χ1) is 12.0. The van der Waals surface area contributed by atoms with E-state index in [9.17, 15) is 4.79 Å². The topological polar surface area (TPSA) is 57.7 Å². The molecular weight excluding hydrogens is 342 g/mol. The van der Waals surface area contributed by atoms with Crippen LogP contribution in [0, 0.1) is 0 Å². The molecule has 1 heterocycles. The molecule has 0 aliphatic carbocycles. The molecule has 3 aromatic rings. The van der Waals surface area contributed by atoms with Crippen molar-refractivity contribution in [2.75, 3.05) is 14.2 Å². The largest absolute Gasteiger partial charge is 0.493 e. The lowest BCUT2D eigenvalue weighted by Gasteiger charge is -2.14. The highest BCUT2D eigenvalue weighted by Gasteiger charge is 2.14. The number of rotatable bonds is 5. The zero-order chi connectivity index (χ0) is 18.0. The Hall–Kier alpha value is -2.79. The molecule has 0 bridgehead atoms. The van der Waals surface area contributed by atoms with Gasteiger partial charge in [0.15, 0.2) is 17.3 Å². The van der Waals surface area contributed by atoms with Gasteiger partial charge in [-0.05, 0) is 31.2 Å². The van der Waals surface area contributed by atoms with Crippen LogP contribution in [0.15, 0.2) is 42.6 Å². The number of carbonyl (C=O) groups excluding carboxylic acids is 1. The summed E-state index contributed by atoms with van der Waals surface area (Å²) in [5.41, 5.74) is 1.14. The van der Waals surface area contributed by atoms with Gasteiger partial charge in [-0.15, -0.1) is 0 Å². The summed E-state index contributed by atoms with van der Waals surface area (Å²) in [6.07, 6.45) is 1.63. The standard InChI is InChI=1S/C19H16ClNO4/c1-11(22)13-5-4-12(20)8-17(13)25-16-6-7-21-15-10-19(24-3)18(23-2)9-14(15)16/h4-10H,1-3H3. The molecule has 0 unspecified atom stereocenters. The Kier molecular flexibility index (Phi) is 4.76. The fourth-order valence-corrected chi connectivity index (χ4v) is 2.69. The van der Waals surface area contributed by atoms with Crippen molar-refractivity contribution in [2.24, 2.45) is 0 Å². The van der Waals surface area contributed by atoms with E-state index in [1.165, 1.54) is 6.92 Å². The van der Waals surface area contributed by atoms with Crippen molar-refractivity contribution in [3.63, 3.8) is 0 Å². The number of pyridine rings is 1. The third-order valence-corrected chi connectivity index (χ3v) is 3.98. The van der Waals surface area contributed by atoms with Gasteiger partial charge in [0.25, 0.3) is 0 Å². The maximum absolute atomic E-state index is 11.8. The highest BCUT2D eigenvalue weighted by Crippen LogP contribution is 2.38. The van der Waals surface area contributed by atoms with E-state index in [4.69, 9.17) is 25.8 Å². The molecule has 0 spiro atoms. The van der Waals surface area contributed by atoms with E-state index in [0.29, 0.717) is 39.1 Å². The molecule has 6 heteroatoms. The Balaban J connectivity index is 2.14. The number of halogens is 1. The first-order valence-corrected chi connectivity index (χ1v) is 7.90. The molecule has 0 aliphatic heterocycles. The van der Waals surface area contributed by atoms with E-state index in [1.807, 2.05) is 0 Å². The summed E-state index contributed by atoms with van der Waals surface area (Å²) in [5, 5.41) is 1.22. The Morgan fingerprint density at radius 1 is 0.960 bits per heavy atom. The van der Waals surface area contributed by atoms with Crippen LogP contribution in [0.1, 0.15) is 17.3 Å². The first-order valence-electron chi connectivity index (χ1n) is 7.52. The smallest absolute Gasteiger partial charge is 0.163 e. The van der Waals surface area contributed by atoms with Crippen LogP contribution in [-0.2, 0) is 0 Å². The van der Waals surface area contributed by atoms with Crippen LogP contribution >= 0.6 is 11.6 Å². The Morgan fingerprint density at radius 2 is 1.68 bits per heavy atom. The number of Topliss-reactive ketones (excluding diaryl/α,β-unsaturated/α-hetero) is 1. The zero-order valence-corrected chi connectivity index (χ0v) is 14.8. The molecule has 0 fully saturated rings. The van der Waals surface area contributed by atoms with E-state index >= 15 is 0 Å². The van der Waals surface area contributed by atoms with Crippen molar-refractivity contribution >= 4 is 28.3 Å². The number of methoxy groups -OCH3 is 2. The van der Waals surface area contributed by atoms with Crippen LogP contribution in [0.5, 0.6) is 23.0 Å². The van der Waals surface area contributed by atoms with Gasteiger partial charge in [0.1, 0.15) is 11.5 Å². The van der Waals surface area contributed by atoms with Crippen LogP contribution in [-0.4, -0.2) is 25.0 Å². The fourth-order valence-electron chi connectivity index (χ4n) is 2.53. The second-order valence-corrected chi connectivity index (χ2v) is 5.77. The Labute approximate surface area is 150 Å². The van der Waals surface area contributed by atoms with Gasteiger partial charge >= 0.3 is 0 Å². The third kappa shape index (κ3) is 3.37. The van der Waals surface area contributed by atoms with Crippen molar-refractivity contribution in [1.82, 2.24) is 4.98 Å². The number of carbonyl (C=O) groups is 1. The van der Waals surface area contributed by atoms with Gasteiger partial charge in [-0.1, -0.05) is 11.6 Å². The average Bonchev–Trinajstić information content (AvgIpc) is 2.60. The summed E-state index contributed by atoms with van der Waals surface area (Å²) in [6, 6.07) is 10.2. The molecule has 25 heavy (non-hydrogen) atoms. The van der Waals surface area contributed by atoms with Crippen molar-refractivity contribution in [3.8, 4) is 23.0 Å². The lowest BCUT2D eigenvalue weighted by Crippen LogP contribution is -1.98. The minimum atomic E-state index is -0.107. The van der Waals surface area contributed by atoms with Gasteiger partial charge in [-0.2, -0.15) is 0 Å². The van der Waals surface area contributed by atoms with E-state index < -0.39 is 0 Å². The molecule has 2 aromatic carbocycles. The summed E-state index contributed by atoms with van der Waals surface area (Å²) < 4.78 is 16.6. The van der Waals surface area contributed by atoms with Gasteiger partial charge in [-0.3, -0.25) is 9.78 Å².